The molecule has 1 nitrogen and oxygen atoms in total. The SMILES string of the molecule is C[C@H](O)[C@@H](C)/C=C1\C[C@H]2C[C@@H]1[C@@H]1C=CC[C@H]21. The van der Waals surface area contributed by atoms with Gasteiger partial charge in [-0.2, -0.15) is 0 Å². The van der Waals surface area contributed by atoms with Crippen LogP contribution in [0, 0.1) is 29.6 Å². The molecule has 0 radical (unpaired) electrons. The molecule has 1 heteroatoms. The van der Waals surface area contributed by atoms with E-state index in [9.17, 15) is 5.11 Å². The van der Waals surface area contributed by atoms with E-state index in [-0.39, 0.29) is 6.10 Å². The lowest BCUT2D eigenvalue weighted by Gasteiger charge is -2.27. The van der Waals surface area contributed by atoms with Gasteiger partial charge in [-0.15, -0.1) is 0 Å². The Labute approximate surface area is 98.2 Å². The summed E-state index contributed by atoms with van der Waals surface area (Å²) in [5.74, 6) is 3.88. The minimum absolute atomic E-state index is 0.207. The molecule has 6 atom stereocenters. The molecule has 0 aromatic heterocycles. The molecule has 0 heterocycles. The van der Waals surface area contributed by atoms with Crippen molar-refractivity contribution in [2.45, 2.75) is 39.2 Å². The third kappa shape index (κ3) is 1.48. The van der Waals surface area contributed by atoms with Gasteiger partial charge in [-0.05, 0) is 55.8 Å². The van der Waals surface area contributed by atoms with Crippen molar-refractivity contribution in [3.8, 4) is 0 Å². The van der Waals surface area contributed by atoms with Crippen molar-refractivity contribution in [1.29, 1.82) is 0 Å². The zero-order chi connectivity index (χ0) is 11.3. The van der Waals surface area contributed by atoms with Crippen LogP contribution in [0.4, 0.5) is 0 Å². The van der Waals surface area contributed by atoms with Crippen molar-refractivity contribution in [3.05, 3.63) is 23.8 Å². The summed E-state index contributed by atoms with van der Waals surface area (Å²) in [6.07, 6.45) is 11.0. The predicted octanol–water partition coefficient (Wildman–Crippen LogP) is 3.16. The van der Waals surface area contributed by atoms with E-state index in [2.05, 4.69) is 25.2 Å². The topological polar surface area (TPSA) is 20.2 Å². The fraction of sp³-hybridized carbons (Fsp3) is 0.733. The number of hydrogen-bond donors (Lipinski definition) is 1. The lowest BCUT2D eigenvalue weighted by molar-refractivity contribution is 0.156. The number of allylic oxidation sites excluding steroid dienone is 3. The fourth-order valence-electron chi connectivity index (χ4n) is 4.05. The highest BCUT2D eigenvalue weighted by Crippen LogP contribution is 2.58. The van der Waals surface area contributed by atoms with Gasteiger partial charge in [0.2, 0.25) is 0 Å². The average Bonchev–Trinajstić information content (AvgIpc) is 2.87. The van der Waals surface area contributed by atoms with Gasteiger partial charge >= 0.3 is 0 Å². The van der Waals surface area contributed by atoms with Gasteiger partial charge < -0.3 is 5.11 Å². The zero-order valence-electron chi connectivity index (χ0n) is 10.3. The molecular formula is C15H22O. The first-order chi connectivity index (χ1) is 7.66. The molecule has 1 N–H and O–H groups in total. The van der Waals surface area contributed by atoms with Crippen LogP contribution in [0.3, 0.4) is 0 Å². The predicted molar refractivity (Wildman–Crippen MR) is 65.9 cm³/mol. The molecule has 2 fully saturated rings. The van der Waals surface area contributed by atoms with Gasteiger partial charge in [0.25, 0.3) is 0 Å². The number of fused-ring (bicyclic) bond motifs is 5. The second kappa shape index (κ2) is 3.73. The Morgan fingerprint density at radius 1 is 1.44 bits per heavy atom. The fourth-order valence-corrected chi connectivity index (χ4v) is 4.05. The van der Waals surface area contributed by atoms with Crippen molar-refractivity contribution in [2.75, 3.05) is 0 Å². The molecule has 3 rings (SSSR count). The maximum atomic E-state index is 9.58. The Bertz CT molecular complexity index is 339. The normalized spacial score (nSPS) is 46.3. The van der Waals surface area contributed by atoms with Gasteiger partial charge in [0.05, 0.1) is 6.10 Å². The van der Waals surface area contributed by atoms with E-state index in [1.165, 1.54) is 19.3 Å². The molecule has 0 aliphatic heterocycles. The quantitative estimate of drug-likeness (QED) is 0.706. The summed E-state index contributed by atoms with van der Waals surface area (Å²) in [6.45, 7) is 4.03. The summed E-state index contributed by atoms with van der Waals surface area (Å²) in [5, 5.41) is 9.58. The average molecular weight is 218 g/mol. The number of aliphatic hydroxyl groups excluding tert-OH is 1. The van der Waals surface area contributed by atoms with E-state index in [0.717, 1.165) is 23.7 Å². The Morgan fingerprint density at radius 3 is 3.00 bits per heavy atom. The summed E-state index contributed by atoms with van der Waals surface area (Å²) in [7, 11) is 0. The molecule has 0 aromatic rings. The molecule has 2 bridgehead atoms. The second-order valence-corrected chi connectivity index (χ2v) is 6.05. The Hall–Kier alpha value is -0.560. The third-order valence-electron chi connectivity index (χ3n) is 5.10. The van der Waals surface area contributed by atoms with Crippen LogP contribution in [-0.2, 0) is 0 Å². The zero-order valence-corrected chi connectivity index (χ0v) is 10.3. The lowest BCUT2D eigenvalue weighted by Crippen LogP contribution is -2.20. The monoisotopic (exact) mass is 218 g/mol. The molecule has 16 heavy (non-hydrogen) atoms. The summed E-state index contributed by atoms with van der Waals surface area (Å²) >= 11 is 0. The van der Waals surface area contributed by atoms with Crippen molar-refractivity contribution in [1.82, 2.24) is 0 Å². The maximum Gasteiger partial charge on any atom is 0.0572 e. The molecule has 88 valence electrons. The van der Waals surface area contributed by atoms with E-state index in [0.29, 0.717) is 5.92 Å². The Balaban J connectivity index is 1.79. The van der Waals surface area contributed by atoms with E-state index in [4.69, 9.17) is 0 Å². The van der Waals surface area contributed by atoms with Gasteiger partial charge in [-0.25, -0.2) is 0 Å². The summed E-state index contributed by atoms with van der Waals surface area (Å²) in [6, 6.07) is 0. The first-order valence-electron chi connectivity index (χ1n) is 6.72. The molecular weight excluding hydrogens is 196 g/mol. The van der Waals surface area contributed by atoms with Crippen LogP contribution in [0.1, 0.15) is 33.1 Å². The van der Waals surface area contributed by atoms with Crippen molar-refractivity contribution < 1.29 is 5.11 Å². The highest BCUT2D eigenvalue weighted by atomic mass is 16.3. The number of aliphatic hydroxyl groups is 1. The number of hydrogen-bond acceptors (Lipinski definition) is 1. The molecule has 3 aliphatic carbocycles. The van der Waals surface area contributed by atoms with E-state index < -0.39 is 0 Å². The maximum absolute atomic E-state index is 9.58. The van der Waals surface area contributed by atoms with Gasteiger partial charge in [-0.1, -0.05) is 30.7 Å². The third-order valence-corrected chi connectivity index (χ3v) is 5.10. The highest BCUT2D eigenvalue weighted by Gasteiger charge is 2.49. The van der Waals surface area contributed by atoms with Crippen LogP contribution in [0.2, 0.25) is 0 Å². The number of rotatable bonds is 2. The second-order valence-electron chi connectivity index (χ2n) is 6.05. The molecule has 0 saturated heterocycles. The van der Waals surface area contributed by atoms with Crippen molar-refractivity contribution >= 4 is 0 Å². The summed E-state index contributed by atoms with van der Waals surface area (Å²) in [5.41, 5.74) is 1.64. The van der Waals surface area contributed by atoms with Crippen LogP contribution in [-0.4, -0.2) is 11.2 Å². The van der Waals surface area contributed by atoms with Crippen molar-refractivity contribution in [3.63, 3.8) is 0 Å². The van der Waals surface area contributed by atoms with Crippen molar-refractivity contribution in [2.24, 2.45) is 29.6 Å². The molecule has 0 aromatic carbocycles. The molecule has 0 spiro atoms. The first-order valence-corrected chi connectivity index (χ1v) is 6.72. The summed E-state index contributed by atoms with van der Waals surface area (Å²) in [4.78, 5) is 0. The van der Waals surface area contributed by atoms with Crippen LogP contribution in [0.15, 0.2) is 23.8 Å². The highest BCUT2D eigenvalue weighted by molar-refractivity contribution is 5.27. The summed E-state index contributed by atoms with van der Waals surface area (Å²) < 4.78 is 0. The molecule has 0 amide bonds. The lowest BCUT2D eigenvalue weighted by atomic mass is 9.78. The van der Waals surface area contributed by atoms with Crippen LogP contribution in [0.25, 0.3) is 0 Å². The van der Waals surface area contributed by atoms with Gasteiger partial charge in [0.15, 0.2) is 0 Å². The van der Waals surface area contributed by atoms with Crippen LogP contribution >= 0.6 is 0 Å². The smallest absolute Gasteiger partial charge is 0.0572 e. The largest absolute Gasteiger partial charge is 0.393 e. The van der Waals surface area contributed by atoms with Crippen LogP contribution < -0.4 is 0 Å². The van der Waals surface area contributed by atoms with E-state index >= 15 is 0 Å². The van der Waals surface area contributed by atoms with E-state index in [1.807, 2.05) is 6.92 Å². The standard InChI is InChI=1S/C15H22O/c1-9(10(2)16)6-11-7-12-8-15(11)14-5-3-4-13(12)14/h3,5-6,9-10,12-16H,4,7-8H2,1-2H3/b11-6+/t9-,10-,12-,13+,14+,15-/m0/s1. The van der Waals surface area contributed by atoms with Gasteiger partial charge in [0, 0.05) is 0 Å². The van der Waals surface area contributed by atoms with Gasteiger partial charge in [0.1, 0.15) is 0 Å². The van der Waals surface area contributed by atoms with E-state index in [1.54, 1.807) is 5.57 Å². The molecule has 0 unspecified atom stereocenters. The minimum Gasteiger partial charge on any atom is -0.393 e. The Kier molecular flexibility index (Phi) is 2.47. The molecule has 3 aliphatic rings. The first kappa shape index (κ1) is 10.6. The van der Waals surface area contributed by atoms with Gasteiger partial charge in [-0.3, -0.25) is 0 Å². The molecule has 2 saturated carbocycles. The van der Waals surface area contributed by atoms with Crippen LogP contribution in [0.5, 0.6) is 0 Å². The Morgan fingerprint density at radius 2 is 2.25 bits per heavy atom. The minimum atomic E-state index is -0.207.